The van der Waals surface area contributed by atoms with Crippen LogP contribution in [0.1, 0.15) is 25.3 Å². The van der Waals surface area contributed by atoms with Gasteiger partial charge in [0.15, 0.2) is 0 Å². The molecule has 2 N–H and O–H groups in total. The molecule has 0 fully saturated rings. The minimum atomic E-state index is -3.73. The number of hydrogen-bond acceptors (Lipinski definition) is 7. The van der Waals surface area contributed by atoms with Crippen molar-refractivity contribution in [3.05, 3.63) is 64.8 Å². The molecule has 3 aromatic rings. The Labute approximate surface area is 210 Å². The Kier molecular flexibility index (Phi) is 8.92. The molecular weight excluding hydrogens is 538 g/mol. The van der Waals surface area contributed by atoms with Gasteiger partial charge >= 0.3 is 0 Å². The standard InChI is InChI=1S/C23H26BrN5O3S2/c1-16-6-12-20(13-7-16)34(31,32)29-33(3)19-10-8-18(9-11-19)27-23-26-15-21(24)22(28-23)25-14-4-5-17(2)30/h6-13,15H,4-5,14H2,1-3H3,(H2,25,26,27,28). The maximum absolute atomic E-state index is 12.6. The Bertz CT molecular complexity index is 1300. The molecule has 2 aromatic carbocycles. The van der Waals surface area contributed by atoms with Gasteiger partial charge in [-0.2, -0.15) is 13.4 Å². The van der Waals surface area contributed by atoms with Gasteiger partial charge in [-0.25, -0.2) is 4.98 Å². The van der Waals surface area contributed by atoms with Crippen LogP contribution in [-0.2, 0) is 25.5 Å². The van der Waals surface area contributed by atoms with Crippen LogP contribution < -0.4 is 10.6 Å². The quantitative estimate of drug-likeness (QED) is 0.323. The molecule has 180 valence electrons. The van der Waals surface area contributed by atoms with Crippen molar-refractivity contribution in [1.82, 2.24) is 9.97 Å². The molecule has 1 heterocycles. The van der Waals surface area contributed by atoms with E-state index >= 15 is 0 Å². The molecule has 0 saturated heterocycles. The van der Waals surface area contributed by atoms with Gasteiger partial charge in [-0.1, -0.05) is 28.4 Å². The number of sulfonamides is 1. The first-order valence-electron chi connectivity index (χ1n) is 10.5. The van der Waals surface area contributed by atoms with Gasteiger partial charge in [0.2, 0.25) is 5.95 Å². The topological polar surface area (TPSA) is 113 Å². The van der Waals surface area contributed by atoms with Crippen LogP contribution in [0, 0.1) is 6.92 Å². The number of hydrogen-bond donors (Lipinski definition) is 2. The van der Waals surface area contributed by atoms with Gasteiger partial charge in [0.1, 0.15) is 11.6 Å². The number of Topliss-reactive ketones (excluding diaryl/α,β-unsaturated/α-hetero) is 1. The molecule has 34 heavy (non-hydrogen) atoms. The van der Waals surface area contributed by atoms with Crippen molar-refractivity contribution in [2.45, 2.75) is 36.5 Å². The Morgan fingerprint density at radius 1 is 1.12 bits per heavy atom. The summed E-state index contributed by atoms with van der Waals surface area (Å²) in [6, 6.07) is 14.0. The number of nitrogens with zero attached hydrogens (tertiary/aromatic N) is 3. The fourth-order valence-corrected chi connectivity index (χ4v) is 6.11. The van der Waals surface area contributed by atoms with E-state index in [1.54, 1.807) is 43.6 Å². The van der Waals surface area contributed by atoms with Crippen LogP contribution in [-0.4, -0.2) is 37.0 Å². The van der Waals surface area contributed by atoms with Gasteiger partial charge in [-0.05, 0) is 78.9 Å². The predicted molar refractivity (Wildman–Crippen MR) is 140 cm³/mol. The highest BCUT2D eigenvalue weighted by atomic mass is 79.9. The molecule has 1 aromatic heterocycles. The van der Waals surface area contributed by atoms with E-state index in [9.17, 15) is 13.2 Å². The van der Waals surface area contributed by atoms with E-state index in [-0.39, 0.29) is 10.7 Å². The molecule has 1 atom stereocenters. The molecule has 0 radical (unpaired) electrons. The summed E-state index contributed by atoms with van der Waals surface area (Å²) in [5.41, 5.74) is 1.75. The number of benzene rings is 2. The third-order valence-corrected chi connectivity index (χ3v) is 8.80. The molecule has 0 bridgehead atoms. The second kappa shape index (κ2) is 11.7. The molecule has 0 amide bonds. The summed E-state index contributed by atoms with van der Waals surface area (Å²) in [6.07, 6.45) is 4.66. The summed E-state index contributed by atoms with van der Waals surface area (Å²) >= 11 is 3.43. The van der Waals surface area contributed by atoms with E-state index in [1.807, 2.05) is 31.2 Å². The van der Waals surface area contributed by atoms with Crippen molar-refractivity contribution in [2.24, 2.45) is 3.77 Å². The zero-order valence-corrected chi connectivity index (χ0v) is 22.3. The summed E-state index contributed by atoms with van der Waals surface area (Å²) in [6.45, 7) is 4.10. The molecule has 8 nitrogen and oxygen atoms in total. The van der Waals surface area contributed by atoms with Crippen LogP contribution in [0.2, 0.25) is 0 Å². The zero-order chi connectivity index (χ0) is 24.7. The zero-order valence-electron chi connectivity index (χ0n) is 19.1. The first-order valence-corrected chi connectivity index (χ1v) is 14.3. The maximum atomic E-state index is 12.6. The number of rotatable bonds is 10. The Hall–Kier alpha value is -2.63. The van der Waals surface area contributed by atoms with Crippen LogP contribution in [0.3, 0.4) is 0 Å². The molecule has 0 aliphatic rings. The van der Waals surface area contributed by atoms with Crippen LogP contribution in [0.15, 0.2) is 72.8 Å². The Morgan fingerprint density at radius 3 is 2.44 bits per heavy atom. The highest BCUT2D eigenvalue weighted by Gasteiger charge is 2.13. The van der Waals surface area contributed by atoms with Crippen molar-refractivity contribution in [3.63, 3.8) is 0 Å². The summed E-state index contributed by atoms with van der Waals surface area (Å²) in [7, 11) is -4.58. The largest absolute Gasteiger partial charge is 0.369 e. The number of carbonyl (C=O) groups is 1. The van der Waals surface area contributed by atoms with Crippen molar-refractivity contribution in [2.75, 3.05) is 23.4 Å². The van der Waals surface area contributed by atoms with E-state index < -0.39 is 20.7 Å². The lowest BCUT2D eigenvalue weighted by molar-refractivity contribution is -0.117. The average molecular weight is 565 g/mol. The van der Waals surface area contributed by atoms with Gasteiger partial charge in [-0.15, -0.1) is 3.77 Å². The summed E-state index contributed by atoms with van der Waals surface area (Å²) in [4.78, 5) is 20.8. The van der Waals surface area contributed by atoms with E-state index in [4.69, 9.17) is 0 Å². The number of halogens is 1. The molecular formula is C23H26BrN5O3S2. The van der Waals surface area contributed by atoms with Gasteiger partial charge in [0.05, 0.1) is 9.37 Å². The maximum Gasteiger partial charge on any atom is 0.288 e. The average Bonchev–Trinajstić information content (AvgIpc) is 2.79. The summed E-state index contributed by atoms with van der Waals surface area (Å²) in [5.74, 6) is 1.20. The molecule has 0 saturated carbocycles. The number of carbonyl (C=O) groups excluding carboxylic acids is 1. The predicted octanol–water partition coefficient (Wildman–Crippen LogP) is 5.25. The van der Waals surface area contributed by atoms with E-state index in [0.29, 0.717) is 24.7 Å². The Morgan fingerprint density at radius 2 is 1.79 bits per heavy atom. The van der Waals surface area contributed by atoms with Crippen LogP contribution in [0.5, 0.6) is 0 Å². The van der Waals surface area contributed by atoms with Gasteiger partial charge in [0, 0.05) is 29.7 Å². The number of ketones is 1. The first-order chi connectivity index (χ1) is 16.1. The van der Waals surface area contributed by atoms with Gasteiger partial charge in [0.25, 0.3) is 10.0 Å². The monoisotopic (exact) mass is 563 g/mol. The van der Waals surface area contributed by atoms with Gasteiger partial charge in [-0.3, -0.25) is 0 Å². The number of aryl methyl sites for hydroxylation is 1. The van der Waals surface area contributed by atoms with Crippen molar-refractivity contribution < 1.29 is 13.2 Å². The fraction of sp³-hybridized carbons (Fsp3) is 0.261. The van der Waals surface area contributed by atoms with Gasteiger partial charge < -0.3 is 15.4 Å². The number of anilines is 3. The third kappa shape index (κ3) is 7.44. The number of aromatic nitrogens is 2. The van der Waals surface area contributed by atoms with E-state index in [0.717, 1.165) is 27.0 Å². The SMILES string of the molecule is CC(=O)CCCNc1nc(Nc2ccc(S(C)=NS(=O)(=O)c3ccc(C)cc3)cc2)ncc1Br. The minimum Gasteiger partial charge on any atom is -0.369 e. The lowest BCUT2D eigenvalue weighted by Gasteiger charge is -2.10. The fourth-order valence-electron chi connectivity index (χ4n) is 2.90. The van der Waals surface area contributed by atoms with Crippen molar-refractivity contribution in [1.29, 1.82) is 0 Å². The highest BCUT2D eigenvalue weighted by molar-refractivity contribution is 9.10. The summed E-state index contributed by atoms with van der Waals surface area (Å²) < 4.78 is 30.0. The second-order valence-corrected chi connectivity index (χ2v) is 11.9. The van der Waals surface area contributed by atoms with Crippen molar-refractivity contribution >= 4 is 59.9 Å². The highest BCUT2D eigenvalue weighted by Crippen LogP contribution is 2.23. The third-order valence-electron chi connectivity index (χ3n) is 4.72. The molecule has 0 spiro atoms. The van der Waals surface area contributed by atoms with E-state index in [2.05, 4.69) is 40.3 Å². The Balaban J connectivity index is 1.68. The van der Waals surface area contributed by atoms with Crippen LogP contribution in [0.4, 0.5) is 17.5 Å². The molecule has 0 aliphatic carbocycles. The molecule has 3 rings (SSSR count). The van der Waals surface area contributed by atoms with E-state index in [1.165, 1.54) is 0 Å². The number of nitrogens with one attached hydrogen (secondary N) is 2. The minimum absolute atomic E-state index is 0.157. The molecule has 0 aliphatic heterocycles. The van der Waals surface area contributed by atoms with Crippen LogP contribution >= 0.6 is 15.9 Å². The van der Waals surface area contributed by atoms with Crippen molar-refractivity contribution in [3.8, 4) is 0 Å². The smallest absolute Gasteiger partial charge is 0.288 e. The summed E-state index contributed by atoms with van der Waals surface area (Å²) in [5, 5.41) is 6.34. The first kappa shape index (κ1) is 26.0. The lowest BCUT2D eigenvalue weighted by Crippen LogP contribution is -2.07. The normalized spacial score (nSPS) is 12.4. The lowest BCUT2D eigenvalue weighted by atomic mass is 10.2. The molecule has 11 heteroatoms. The van der Waals surface area contributed by atoms with Crippen LogP contribution in [0.25, 0.3) is 0 Å². The second-order valence-electron chi connectivity index (χ2n) is 7.61. The molecule has 1 unspecified atom stereocenters.